The van der Waals surface area contributed by atoms with Gasteiger partial charge in [-0.3, -0.25) is 0 Å². The van der Waals surface area contributed by atoms with E-state index in [0.29, 0.717) is 0 Å². The Kier molecular flexibility index (Phi) is 3.44. The van der Waals surface area contributed by atoms with E-state index < -0.39 is 11.6 Å². The van der Waals surface area contributed by atoms with Crippen LogP contribution in [0.1, 0.15) is 20.8 Å². The van der Waals surface area contributed by atoms with Crippen LogP contribution in [0.25, 0.3) is 0 Å². The summed E-state index contributed by atoms with van der Waals surface area (Å²) in [6.45, 7) is 4.79. The summed E-state index contributed by atoms with van der Waals surface area (Å²) in [5, 5.41) is 18.8. The Hall–Kier alpha value is -0.160. The van der Waals surface area contributed by atoms with Gasteiger partial charge in [0.1, 0.15) is 5.60 Å². The molecule has 0 aromatic rings. The van der Waals surface area contributed by atoms with E-state index in [2.05, 4.69) is 4.74 Å². The number of aliphatic hydroxyl groups is 2. The fourth-order valence-corrected chi connectivity index (χ4v) is 0.681. The summed E-state index contributed by atoms with van der Waals surface area (Å²) in [6, 6.07) is 0. The van der Waals surface area contributed by atoms with Gasteiger partial charge in [-0.05, 0) is 20.8 Å². The van der Waals surface area contributed by atoms with Crippen molar-refractivity contribution in [2.45, 2.75) is 32.3 Å². The molecule has 11 heavy (non-hydrogen) atoms. The molecule has 0 radical (unpaired) electrons. The van der Waals surface area contributed by atoms with Crippen molar-refractivity contribution in [3.05, 3.63) is 0 Å². The summed E-state index contributed by atoms with van der Waals surface area (Å²) < 4.78 is 9.45. The Morgan fingerprint density at radius 1 is 1.27 bits per heavy atom. The van der Waals surface area contributed by atoms with E-state index in [4.69, 9.17) is 4.74 Å². The maximum atomic E-state index is 9.46. The molecule has 1 unspecified atom stereocenters. The summed E-state index contributed by atoms with van der Waals surface area (Å²) in [7, 11) is 1.27. The first kappa shape index (κ1) is 10.8. The maximum absolute atomic E-state index is 9.46. The molecule has 1 atom stereocenters. The zero-order valence-corrected chi connectivity index (χ0v) is 7.42. The lowest BCUT2D eigenvalue weighted by Gasteiger charge is -2.35. The average Bonchev–Trinajstić information content (AvgIpc) is 1.86. The minimum Gasteiger partial charge on any atom is -0.382 e. The molecule has 0 saturated carbocycles. The first-order valence-electron chi connectivity index (χ1n) is 3.51. The molecule has 0 aliphatic rings. The molecule has 0 aromatic carbocycles. The van der Waals surface area contributed by atoms with E-state index in [0.717, 1.165) is 0 Å². The average molecular weight is 164 g/mol. The van der Waals surface area contributed by atoms with Crippen LogP contribution in [0.2, 0.25) is 0 Å². The highest BCUT2D eigenvalue weighted by Crippen LogP contribution is 2.23. The lowest BCUT2D eigenvalue weighted by Crippen LogP contribution is -2.53. The third-order valence-electron chi connectivity index (χ3n) is 1.39. The zero-order valence-electron chi connectivity index (χ0n) is 7.42. The molecule has 0 bridgehead atoms. The number of ether oxygens (including phenoxy) is 2. The van der Waals surface area contributed by atoms with Crippen molar-refractivity contribution in [2.75, 3.05) is 13.7 Å². The van der Waals surface area contributed by atoms with Crippen molar-refractivity contribution in [3.8, 4) is 0 Å². The van der Waals surface area contributed by atoms with Gasteiger partial charge < -0.3 is 19.7 Å². The lowest BCUT2D eigenvalue weighted by atomic mass is 10.1. The van der Waals surface area contributed by atoms with Crippen molar-refractivity contribution in [1.82, 2.24) is 0 Å². The minimum absolute atomic E-state index is 0.272. The van der Waals surface area contributed by atoms with Crippen LogP contribution in [-0.4, -0.2) is 35.5 Å². The van der Waals surface area contributed by atoms with Gasteiger partial charge in [-0.25, -0.2) is 0 Å². The summed E-state index contributed by atoms with van der Waals surface area (Å²) in [4.78, 5) is 0. The number of hydrogen-bond acceptors (Lipinski definition) is 4. The van der Waals surface area contributed by atoms with E-state index in [9.17, 15) is 10.2 Å². The second-order valence-corrected chi connectivity index (χ2v) is 2.78. The van der Waals surface area contributed by atoms with Gasteiger partial charge in [0.2, 0.25) is 0 Å². The standard InChI is InChI=1S/C7H16O4/c1-5-11-7(9,10-4)6(2,3)8/h8-9H,5H2,1-4H3. The second-order valence-electron chi connectivity index (χ2n) is 2.78. The van der Waals surface area contributed by atoms with Crippen LogP contribution in [-0.2, 0) is 9.47 Å². The van der Waals surface area contributed by atoms with Crippen LogP contribution in [0.3, 0.4) is 0 Å². The van der Waals surface area contributed by atoms with Crippen LogP contribution in [0.5, 0.6) is 0 Å². The Balaban J connectivity index is 4.33. The van der Waals surface area contributed by atoms with Crippen LogP contribution in [0.15, 0.2) is 0 Å². The number of rotatable bonds is 4. The van der Waals surface area contributed by atoms with Crippen molar-refractivity contribution in [1.29, 1.82) is 0 Å². The summed E-state index contributed by atoms with van der Waals surface area (Å²) in [5.41, 5.74) is -1.43. The molecule has 4 heteroatoms. The molecule has 68 valence electrons. The first-order chi connectivity index (χ1) is 4.87. The van der Waals surface area contributed by atoms with Gasteiger partial charge in [0.25, 0.3) is 0 Å². The minimum atomic E-state index is -1.91. The predicted octanol–water partition coefficient (Wildman–Crippen LogP) is 0.0863. The number of methoxy groups -OCH3 is 1. The molecule has 0 rings (SSSR count). The van der Waals surface area contributed by atoms with E-state index in [-0.39, 0.29) is 6.61 Å². The summed E-state index contributed by atoms with van der Waals surface area (Å²) >= 11 is 0. The highest BCUT2D eigenvalue weighted by Gasteiger charge is 2.44. The van der Waals surface area contributed by atoms with E-state index in [1.54, 1.807) is 6.92 Å². The van der Waals surface area contributed by atoms with Gasteiger partial charge in [-0.15, -0.1) is 0 Å². The molecule has 0 amide bonds. The molecular weight excluding hydrogens is 148 g/mol. The van der Waals surface area contributed by atoms with E-state index in [1.165, 1.54) is 21.0 Å². The predicted molar refractivity (Wildman–Crippen MR) is 39.9 cm³/mol. The monoisotopic (exact) mass is 164 g/mol. The fourth-order valence-electron chi connectivity index (χ4n) is 0.681. The normalized spacial score (nSPS) is 18.0. The first-order valence-corrected chi connectivity index (χ1v) is 3.51. The van der Waals surface area contributed by atoms with Crippen molar-refractivity contribution >= 4 is 0 Å². The lowest BCUT2D eigenvalue weighted by molar-refractivity contribution is -0.410. The molecule has 4 nitrogen and oxygen atoms in total. The molecule has 0 fully saturated rings. The van der Waals surface area contributed by atoms with Crippen LogP contribution in [0, 0.1) is 0 Å². The summed E-state index contributed by atoms with van der Waals surface area (Å²) in [5.74, 6) is -1.91. The third-order valence-corrected chi connectivity index (χ3v) is 1.39. The highest BCUT2D eigenvalue weighted by atomic mass is 16.8. The fraction of sp³-hybridized carbons (Fsp3) is 1.00. The van der Waals surface area contributed by atoms with Crippen LogP contribution >= 0.6 is 0 Å². The zero-order chi connectivity index (χ0) is 9.12. The van der Waals surface area contributed by atoms with Crippen molar-refractivity contribution in [3.63, 3.8) is 0 Å². The topological polar surface area (TPSA) is 58.9 Å². The van der Waals surface area contributed by atoms with Gasteiger partial charge in [-0.1, -0.05) is 0 Å². The van der Waals surface area contributed by atoms with E-state index in [1.807, 2.05) is 0 Å². The smallest absolute Gasteiger partial charge is 0.310 e. The largest absolute Gasteiger partial charge is 0.382 e. The molecule has 0 spiro atoms. The molecule has 0 heterocycles. The SMILES string of the molecule is CCOC(O)(OC)C(C)(C)O. The molecule has 0 aromatic heterocycles. The Labute approximate surface area is 66.7 Å². The molecule has 0 aliphatic heterocycles. The van der Waals surface area contributed by atoms with Gasteiger partial charge in [0.05, 0.1) is 0 Å². The second kappa shape index (κ2) is 3.49. The molecule has 2 N–H and O–H groups in total. The summed E-state index contributed by atoms with van der Waals surface area (Å²) in [6.07, 6.45) is 0. The molecule has 0 saturated heterocycles. The quantitative estimate of drug-likeness (QED) is 0.578. The van der Waals surface area contributed by atoms with Crippen LogP contribution in [0.4, 0.5) is 0 Å². The Morgan fingerprint density at radius 2 is 1.73 bits per heavy atom. The van der Waals surface area contributed by atoms with Crippen molar-refractivity contribution < 1.29 is 19.7 Å². The Bertz CT molecular complexity index is 118. The van der Waals surface area contributed by atoms with E-state index >= 15 is 0 Å². The van der Waals surface area contributed by atoms with Gasteiger partial charge in [0.15, 0.2) is 0 Å². The van der Waals surface area contributed by atoms with Gasteiger partial charge in [0, 0.05) is 13.7 Å². The third kappa shape index (κ3) is 2.41. The number of hydrogen-bond donors (Lipinski definition) is 2. The van der Waals surface area contributed by atoms with Crippen molar-refractivity contribution in [2.24, 2.45) is 0 Å². The molecule has 0 aliphatic carbocycles. The van der Waals surface area contributed by atoms with Crippen LogP contribution < -0.4 is 0 Å². The highest BCUT2D eigenvalue weighted by molar-refractivity contribution is 4.76. The Morgan fingerprint density at radius 3 is 1.82 bits per heavy atom. The molecular formula is C7H16O4. The maximum Gasteiger partial charge on any atom is 0.310 e. The van der Waals surface area contributed by atoms with Gasteiger partial charge >= 0.3 is 5.97 Å². The van der Waals surface area contributed by atoms with Gasteiger partial charge in [-0.2, -0.15) is 0 Å².